The molecule has 1 aliphatic heterocycles. The Morgan fingerprint density at radius 2 is 1.80 bits per heavy atom. The summed E-state index contributed by atoms with van der Waals surface area (Å²) in [4.78, 5) is 41.9. The second-order valence-electron chi connectivity index (χ2n) is 10.6. The smallest absolute Gasteiger partial charge is 0.435 e. The zero-order valence-corrected chi connectivity index (χ0v) is 20.6. The van der Waals surface area contributed by atoms with Crippen LogP contribution in [-0.2, 0) is 22.4 Å². The van der Waals surface area contributed by atoms with E-state index < -0.39 is 11.7 Å². The van der Waals surface area contributed by atoms with Crippen molar-refractivity contribution in [1.29, 1.82) is 0 Å². The molecule has 35 heavy (non-hydrogen) atoms. The zero-order chi connectivity index (χ0) is 24.7. The van der Waals surface area contributed by atoms with Crippen LogP contribution in [0, 0.1) is 0 Å². The first kappa shape index (κ1) is 23.3. The minimum atomic E-state index is -0.589. The van der Waals surface area contributed by atoms with Crippen LogP contribution in [0.3, 0.4) is 0 Å². The number of allylic oxidation sites excluding steroid dienone is 1. The number of aromatic nitrogens is 2. The lowest BCUT2D eigenvalue weighted by Gasteiger charge is -2.34. The van der Waals surface area contributed by atoms with Gasteiger partial charge < -0.3 is 9.64 Å². The first-order valence-corrected chi connectivity index (χ1v) is 12.4. The van der Waals surface area contributed by atoms with E-state index in [1.807, 2.05) is 56.0 Å². The molecule has 184 valence electrons. The average molecular weight is 477 g/mol. The molecule has 0 bridgehead atoms. The molecule has 0 N–H and O–H groups in total. The van der Waals surface area contributed by atoms with Gasteiger partial charge in [0.15, 0.2) is 0 Å². The summed E-state index contributed by atoms with van der Waals surface area (Å²) in [5, 5.41) is 4.45. The van der Waals surface area contributed by atoms with Gasteiger partial charge in [-0.3, -0.25) is 14.5 Å². The van der Waals surface area contributed by atoms with Crippen molar-refractivity contribution in [1.82, 2.24) is 14.7 Å². The Morgan fingerprint density at radius 3 is 2.46 bits per heavy atom. The Balaban J connectivity index is 1.31. The van der Waals surface area contributed by atoms with Crippen molar-refractivity contribution >= 4 is 23.6 Å². The number of hydrogen-bond acceptors (Lipinski definition) is 5. The third kappa shape index (κ3) is 5.01. The quantitative estimate of drug-likeness (QED) is 0.650. The number of fused-ring (bicyclic) bond motifs is 1. The lowest BCUT2D eigenvalue weighted by molar-refractivity contribution is -0.118. The molecule has 1 fully saturated rings. The van der Waals surface area contributed by atoms with Gasteiger partial charge in [-0.05, 0) is 89.1 Å². The van der Waals surface area contributed by atoms with Crippen LogP contribution in [0.15, 0.2) is 42.7 Å². The maximum Gasteiger partial charge on any atom is 0.435 e. The van der Waals surface area contributed by atoms with Crippen LogP contribution in [0.1, 0.15) is 74.5 Å². The fourth-order valence-corrected chi connectivity index (χ4v) is 4.84. The standard InChI is InChI=1S/C27H32N4O4/c1-27(2,3)35-26(34)30-17-19-16-22(13-14-23(19)28-30)31(21-11-12-21)25(33)18-7-9-20(10-8-18)29-15-5-4-6-24(29)32/h5,7-10,15,17,21-22H,4,6,11-14,16H2,1-3H3. The number of carbonyl (C=O) groups is 3. The van der Waals surface area contributed by atoms with Crippen molar-refractivity contribution in [2.45, 2.75) is 83.4 Å². The molecule has 1 unspecified atom stereocenters. The molecular weight excluding hydrogens is 444 g/mol. The van der Waals surface area contributed by atoms with Gasteiger partial charge in [0, 0.05) is 42.2 Å². The van der Waals surface area contributed by atoms with E-state index in [1.54, 1.807) is 17.3 Å². The average Bonchev–Trinajstić information content (AvgIpc) is 3.55. The Labute approximate surface area is 205 Å². The fraction of sp³-hybridized carbons (Fsp3) is 0.481. The normalized spacial score (nSPS) is 19.9. The molecule has 0 radical (unpaired) electrons. The van der Waals surface area contributed by atoms with Crippen LogP contribution in [0.25, 0.3) is 0 Å². The van der Waals surface area contributed by atoms with Gasteiger partial charge in [0.2, 0.25) is 5.91 Å². The summed E-state index contributed by atoms with van der Waals surface area (Å²) in [7, 11) is 0. The Morgan fingerprint density at radius 1 is 1.06 bits per heavy atom. The van der Waals surface area contributed by atoms with Crippen molar-refractivity contribution in [3.63, 3.8) is 0 Å². The summed E-state index contributed by atoms with van der Waals surface area (Å²) >= 11 is 0. The third-order valence-corrected chi connectivity index (χ3v) is 6.64. The van der Waals surface area contributed by atoms with Crippen molar-refractivity contribution in [2.24, 2.45) is 0 Å². The van der Waals surface area contributed by atoms with Gasteiger partial charge >= 0.3 is 6.09 Å². The third-order valence-electron chi connectivity index (χ3n) is 6.64. The van der Waals surface area contributed by atoms with E-state index in [1.165, 1.54) is 4.68 Å². The van der Waals surface area contributed by atoms with Crippen LogP contribution >= 0.6 is 0 Å². The predicted molar refractivity (Wildman–Crippen MR) is 131 cm³/mol. The van der Waals surface area contributed by atoms with Crippen LogP contribution in [0.2, 0.25) is 0 Å². The molecule has 0 spiro atoms. The molecule has 8 heteroatoms. The molecule has 8 nitrogen and oxygen atoms in total. The van der Waals surface area contributed by atoms with E-state index in [9.17, 15) is 14.4 Å². The maximum atomic E-state index is 13.6. The molecule has 1 saturated carbocycles. The van der Waals surface area contributed by atoms with Crippen LogP contribution in [0.4, 0.5) is 10.5 Å². The first-order chi connectivity index (χ1) is 16.7. The highest BCUT2D eigenvalue weighted by Crippen LogP contribution is 2.35. The highest BCUT2D eigenvalue weighted by molar-refractivity contribution is 5.98. The topological polar surface area (TPSA) is 84.7 Å². The summed E-state index contributed by atoms with van der Waals surface area (Å²) in [5.74, 6) is 0.0867. The summed E-state index contributed by atoms with van der Waals surface area (Å²) in [6, 6.07) is 7.63. The summed E-state index contributed by atoms with van der Waals surface area (Å²) in [5.41, 5.74) is 2.71. The van der Waals surface area contributed by atoms with E-state index >= 15 is 0 Å². The predicted octanol–water partition coefficient (Wildman–Crippen LogP) is 4.47. The van der Waals surface area contributed by atoms with Gasteiger partial charge in [-0.2, -0.15) is 9.78 Å². The van der Waals surface area contributed by atoms with Crippen LogP contribution < -0.4 is 4.90 Å². The Hall–Kier alpha value is -3.42. The number of benzene rings is 1. The number of anilines is 1. The number of amides is 2. The van der Waals surface area contributed by atoms with E-state index in [4.69, 9.17) is 4.74 Å². The van der Waals surface area contributed by atoms with Crippen molar-refractivity contribution < 1.29 is 19.1 Å². The van der Waals surface area contributed by atoms with Crippen molar-refractivity contribution in [3.05, 3.63) is 59.6 Å². The van der Waals surface area contributed by atoms with Gasteiger partial charge in [-0.25, -0.2) is 4.79 Å². The largest absolute Gasteiger partial charge is 0.442 e. The van der Waals surface area contributed by atoms with Gasteiger partial charge in [-0.1, -0.05) is 6.08 Å². The molecule has 2 heterocycles. The molecule has 2 aromatic rings. The van der Waals surface area contributed by atoms with Crippen molar-refractivity contribution in [3.8, 4) is 0 Å². The van der Waals surface area contributed by atoms with Gasteiger partial charge in [0.1, 0.15) is 5.60 Å². The highest BCUT2D eigenvalue weighted by atomic mass is 16.6. The lowest BCUT2D eigenvalue weighted by atomic mass is 9.91. The number of hydrogen-bond donors (Lipinski definition) is 0. The van der Waals surface area contributed by atoms with Crippen LogP contribution in [0.5, 0.6) is 0 Å². The molecule has 2 amide bonds. The molecule has 5 rings (SSSR count). The number of carbonyl (C=O) groups excluding carboxylic acids is 3. The van der Waals surface area contributed by atoms with Crippen molar-refractivity contribution in [2.75, 3.05) is 4.90 Å². The van der Waals surface area contributed by atoms with E-state index in [2.05, 4.69) is 5.10 Å². The molecule has 3 aliphatic rings. The number of rotatable bonds is 4. The summed E-state index contributed by atoms with van der Waals surface area (Å²) in [6.07, 6.45) is 10.5. The zero-order valence-electron chi connectivity index (χ0n) is 20.6. The van der Waals surface area contributed by atoms with Gasteiger partial charge in [0.25, 0.3) is 5.91 Å². The molecule has 2 aliphatic carbocycles. The lowest BCUT2D eigenvalue weighted by Crippen LogP contribution is -2.44. The molecule has 1 atom stereocenters. The van der Waals surface area contributed by atoms with Crippen LogP contribution in [-0.4, -0.2) is 50.3 Å². The summed E-state index contributed by atoms with van der Waals surface area (Å²) in [6.45, 7) is 5.49. The molecule has 1 aromatic carbocycles. The highest BCUT2D eigenvalue weighted by Gasteiger charge is 2.39. The van der Waals surface area contributed by atoms with Gasteiger partial charge in [0.05, 0.1) is 5.69 Å². The summed E-state index contributed by atoms with van der Waals surface area (Å²) < 4.78 is 6.74. The Bertz CT molecular complexity index is 1170. The minimum absolute atomic E-state index is 0.0209. The second-order valence-corrected chi connectivity index (χ2v) is 10.6. The number of ether oxygens (including phenoxy) is 1. The van der Waals surface area contributed by atoms with E-state index in [0.717, 1.165) is 42.6 Å². The van der Waals surface area contributed by atoms with E-state index in [-0.39, 0.29) is 23.9 Å². The van der Waals surface area contributed by atoms with Gasteiger partial charge in [-0.15, -0.1) is 0 Å². The number of nitrogens with zero attached hydrogens (tertiary/aromatic N) is 4. The maximum absolute atomic E-state index is 13.6. The monoisotopic (exact) mass is 476 g/mol. The fourth-order valence-electron chi connectivity index (χ4n) is 4.84. The molecule has 0 saturated heterocycles. The molecule has 1 aromatic heterocycles. The molecular formula is C27H32N4O4. The SMILES string of the molecule is CC(C)(C)OC(=O)n1cc2c(n1)CCC(N(C(=O)c1ccc(N3C=CCCC3=O)cc1)C1CC1)C2. The van der Waals surface area contributed by atoms with E-state index in [0.29, 0.717) is 24.8 Å². The first-order valence-electron chi connectivity index (χ1n) is 12.4. The Kier molecular flexibility index (Phi) is 5.99. The number of aryl methyl sites for hydroxylation is 1. The second kappa shape index (κ2) is 8.98. The minimum Gasteiger partial charge on any atom is -0.442 e.